The van der Waals surface area contributed by atoms with Gasteiger partial charge in [-0.25, -0.2) is 14.8 Å². The molecule has 1 aliphatic heterocycles. The Bertz CT molecular complexity index is 613. The summed E-state index contributed by atoms with van der Waals surface area (Å²) in [6, 6.07) is 3.16. The van der Waals surface area contributed by atoms with Crippen LogP contribution in [0.2, 0.25) is 0 Å². The second kappa shape index (κ2) is 5.90. The molecule has 1 fully saturated rings. The third-order valence-electron chi connectivity index (χ3n) is 3.51. The highest BCUT2D eigenvalue weighted by Gasteiger charge is 2.30. The minimum absolute atomic E-state index is 0.0935. The van der Waals surface area contributed by atoms with E-state index >= 15 is 0 Å². The summed E-state index contributed by atoms with van der Waals surface area (Å²) >= 11 is 0. The van der Waals surface area contributed by atoms with Crippen molar-refractivity contribution in [2.75, 3.05) is 11.9 Å². The number of nitrogens with zero attached hydrogens (tertiary/aromatic N) is 4. The number of nitrogens with one attached hydrogen (secondary N) is 1. The number of rotatable bonds is 2. The lowest BCUT2D eigenvalue weighted by Crippen LogP contribution is -2.41. The number of amides is 2. The van der Waals surface area contributed by atoms with Gasteiger partial charge >= 0.3 is 6.03 Å². The van der Waals surface area contributed by atoms with Crippen LogP contribution in [0.1, 0.15) is 36.8 Å². The van der Waals surface area contributed by atoms with Crippen molar-refractivity contribution >= 4 is 11.9 Å². The van der Waals surface area contributed by atoms with E-state index in [1.165, 1.54) is 0 Å². The molecule has 1 aliphatic rings. The van der Waals surface area contributed by atoms with E-state index in [1.807, 2.05) is 0 Å². The molecule has 0 bridgehead atoms. The van der Waals surface area contributed by atoms with E-state index in [0.717, 1.165) is 25.0 Å². The minimum Gasteiger partial charge on any atom is -0.338 e. The highest BCUT2D eigenvalue weighted by molar-refractivity contribution is 5.88. The summed E-state index contributed by atoms with van der Waals surface area (Å²) in [5.41, 5.74) is 0.729. The fourth-order valence-electron chi connectivity index (χ4n) is 2.53. The predicted octanol–water partition coefficient (Wildman–Crippen LogP) is 2.53. The van der Waals surface area contributed by atoms with Crippen molar-refractivity contribution in [3.8, 4) is 0 Å². The molecule has 21 heavy (non-hydrogen) atoms. The van der Waals surface area contributed by atoms with Gasteiger partial charge in [0.1, 0.15) is 0 Å². The van der Waals surface area contributed by atoms with E-state index in [2.05, 4.69) is 20.4 Å². The average molecular weight is 287 g/mol. The molecule has 2 aromatic rings. The van der Waals surface area contributed by atoms with Crippen LogP contribution in [0.5, 0.6) is 0 Å². The number of carbonyl (C=O) groups excluding carboxylic acids is 1. The number of aromatic nitrogens is 3. The molecule has 3 rings (SSSR count). The number of piperidine rings is 1. The van der Waals surface area contributed by atoms with Gasteiger partial charge in [0, 0.05) is 25.0 Å². The van der Waals surface area contributed by atoms with Gasteiger partial charge in [-0.2, -0.15) is 0 Å². The van der Waals surface area contributed by atoms with E-state index in [9.17, 15) is 4.79 Å². The lowest BCUT2D eigenvalue weighted by molar-refractivity contribution is 0.158. The molecule has 0 saturated carbocycles. The Balaban J connectivity index is 1.76. The molecule has 0 aromatic carbocycles. The normalized spacial score (nSPS) is 18.5. The molecule has 110 valence electrons. The van der Waals surface area contributed by atoms with Crippen LogP contribution in [0.4, 0.5) is 10.7 Å². The molecule has 2 amide bonds. The highest BCUT2D eigenvalue weighted by Crippen LogP contribution is 2.29. The smallest absolute Gasteiger partial charge is 0.324 e. The number of carbonyl (C=O) groups is 1. The van der Waals surface area contributed by atoms with E-state index in [1.54, 1.807) is 36.4 Å². The zero-order valence-corrected chi connectivity index (χ0v) is 11.8. The Morgan fingerprint density at radius 1 is 1.38 bits per heavy atom. The van der Waals surface area contributed by atoms with Crippen LogP contribution in [0.25, 0.3) is 0 Å². The molecule has 0 radical (unpaired) electrons. The van der Waals surface area contributed by atoms with Crippen molar-refractivity contribution in [2.45, 2.75) is 32.2 Å². The van der Waals surface area contributed by atoms with Crippen molar-refractivity contribution in [2.24, 2.45) is 0 Å². The van der Waals surface area contributed by atoms with Crippen molar-refractivity contribution in [1.29, 1.82) is 0 Å². The first-order valence-corrected chi connectivity index (χ1v) is 7.02. The van der Waals surface area contributed by atoms with E-state index in [4.69, 9.17) is 4.52 Å². The maximum absolute atomic E-state index is 12.4. The van der Waals surface area contributed by atoms with E-state index in [0.29, 0.717) is 18.3 Å². The Morgan fingerprint density at radius 2 is 2.19 bits per heavy atom. The number of hydrogen-bond donors (Lipinski definition) is 1. The molecule has 2 aromatic heterocycles. The van der Waals surface area contributed by atoms with Crippen LogP contribution in [0, 0.1) is 6.92 Å². The van der Waals surface area contributed by atoms with Gasteiger partial charge in [-0.05, 0) is 32.3 Å². The molecule has 0 spiro atoms. The topological polar surface area (TPSA) is 84.2 Å². The van der Waals surface area contributed by atoms with Gasteiger partial charge in [0.25, 0.3) is 0 Å². The number of aryl methyl sites for hydroxylation is 1. The average Bonchev–Trinajstić information content (AvgIpc) is 2.93. The summed E-state index contributed by atoms with van der Waals surface area (Å²) in [6.07, 6.45) is 6.31. The summed E-state index contributed by atoms with van der Waals surface area (Å²) in [7, 11) is 0. The van der Waals surface area contributed by atoms with Crippen molar-refractivity contribution in [3.05, 3.63) is 36.0 Å². The van der Waals surface area contributed by atoms with Gasteiger partial charge in [-0.1, -0.05) is 5.16 Å². The Kier molecular flexibility index (Phi) is 3.81. The number of hydrogen-bond acceptors (Lipinski definition) is 5. The third-order valence-corrected chi connectivity index (χ3v) is 3.51. The largest absolute Gasteiger partial charge is 0.338 e. The van der Waals surface area contributed by atoms with Gasteiger partial charge in [-0.15, -0.1) is 0 Å². The van der Waals surface area contributed by atoms with Crippen molar-refractivity contribution in [1.82, 2.24) is 20.0 Å². The first-order chi connectivity index (χ1) is 10.2. The lowest BCUT2D eigenvalue weighted by atomic mass is 10.0. The lowest BCUT2D eigenvalue weighted by Gasteiger charge is -2.34. The Hall–Kier alpha value is -2.44. The molecule has 7 heteroatoms. The van der Waals surface area contributed by atoms with Crippen molar-refractivity contribution < 1.29 is 9.32 Å². The second-order valence-corrected chi connectivity index (χ2v) is 5.07. The van der Waals surface area contributed by atoms with Crippen molar-refractivity contribution in [3.63, 3.8) is 0 Å². The highest BCUT2D eigenvalue weighted by atomic mass is 16.5. The fraction of sp³-hybridized carbons (Fsp3) is 0.429. The van der Waals surface area contributed by atoms with Crippen LogP contribution in [-0.4, -0.2) is 32.6 Å². The summed E-state index contributed by atoms with van der Waals surface area (Å²) in [5.74, 6) is 1.04. The molecule has 1 atom stereocenters. The maximum atomic E-state index is 12.4. The molecule has 1 unspecified atom stereocenters. The van der Waals surface area contributed by atoms with Crippen LogP contribution < -0.4 is 5.32 Å². The van der Waals surface area contributed by atoms with Crippen LogP contribution in [0.3, 0.4) is 0 Å². The van der Waals surface area contributed by atoms with Gasteiger partial charge in [-0.3, -0.25) is 5.32 Å². The van der Waals surface area contributed by atoms with Gasteiger partial charge < -0.3 is 9.42 Å². The molecule has 0 aliphatic carbocycles. The zero-order valence-electron chi connectivity index (χ0n) is 11.8. The summed E-state index contributed by atoms with van der Waals surface area (Å²) < 4.78 is 5.03. The molecule has 1 N–H and O–H groups in total. The summed E-state index contributed by atoms with van der Waals surface area (Å²) in [5, 5.41) is 6.49. The fourth-order valence-corrected chi connectivity index (χ4v) is 2.53. The molecular weight excluding hydrogens is 270 g/mol. The molecular formula is C14H17N5O2. The van der Waals surface area contributed by atoms with Crippen LogP contribution in [-0.2, 0) is 0 Å². The quantitative estimate of drug-likeness (QED) is 0.917. The van der Waals surface area contributed by atoms with E-state index < -0.39 is 0 Å². The molecule has 3 heterocycles. The molecule has 1 saturated heterocycles. The molecule has 7 nitrogen and oxygen atoms in total. The van der Waals surface area contributed by atoms with Crippen LogP contribution in [0.15, 0.2) is 29.0 Å². The first kappa shape index (κ1) is 13.5. The number of anilines is 1. The van der Waals surface area contributed by atoms with Gasteiger partial charge in [0.2, 0.25) is 5.88 Å². The van der Waals surface area contributed by atoms with Gasteiger partial charge in [0.15, 0.2) is 5.82 Å². The predicted molar refractivity (Wildman–Crippen MR) is 75.6 cm³/mol. The zero-order chi connectivity index (χ0) is 14.7. The van der Waals surface area contributed by atoms with Gasteiger partial charge in [0.05, 0.1) is 11.7 Å². The first-order valence-electron chi connectivity index (χ1n) is 7.02. The minimum atomic E-state index is -0.205. The SMILES string of the molecule is Cc1cc(NC(=O)N2CCCCC2c2ncccn2)on1. The second-order valence-electron chi connectivity index (χ2n) is 5.07. The Labute approximate surface area is 122 Å². The third kappa shape index (κ3) is 3.01. The Morgan fingerprint density at radius 3 is 2.90 bits per heavy atom. The number of likely N-dealkylation sites (tertiary alicyclic amines) is 1. The monoisotopic (exact) mass is 287 g/mol. The maximum Gasteiger partial charge on any atom is 0.324 e. The standard InChI is InChI=1S/C14H17N5O2/c1-10-9-12(21-18-10)17-14(20)19-8-3-2-5-11(19)13-15-6-4-7-16-13/h4,6-7,9,11H,2-3,5,8H2,1H3,(H,17,20). The van der Waals surface area contributed by atoms with Crippen LogP contribution >= 0.6 is 0 Å². The summed E-state index contributed by atoms with van der Waals surface area (Å²) in [4.78, 5) is 22.7. The summed E-state index contributed by atoms with van der Waals surface area (Å²) in [6.45, 7) is 2.49. The van der Waals surface area contributed by atoms with E-state index in [-0.39, 0.29) is 12.1 Å². The number of urea groups is 1.